The van der Waals surface area contributed by atoms with E-state index >= 15 is 0 Å². The first-order valence-electron chi connectivity index (χ1n) is 14.9. The predicted molar refractivity (Wildman–Crippen MR) is 187 cm³/mol. The van der Waals surface area contributed by atoms with Crippen LogP contribution in [-0.2, 0) is 0 Å². The lowest BCUT2D eigenvalue weighted by molar-refractivity contribution is 1.07. The van der Waals surface area contributed by atoms with Gasteiger partial charge < -0.3 is 0 Å². The van der Waals surface area contributed by atoms with Crippen LogP contribution in [0.3, 0.4) is 0 Å². The molecule has 0 atom stereocenters. The average Bonchev–Trinajstić information content (AvgIpc) is 3.11. The fourth-order valence-electron chi connectivity index (χ4n) is 6.04. The van der Waals surface area contributed by atoms with Gasteiger partial charge in [0.05, 0.1) is 0 Å². The molecule has 4 heteroatoms. The molecule has 1 heterocycles. The molecule has 0 unspecified atom stereocenters. The molecule has 1 aromatic heterocycles. The van der Waals surface area contributed by atoms with Crippen molar-refractivity contribution in [2.75, 3.05) is 0 Å². The molecule has 0 saturated carbocycles. The number of halogens is 1. The zero-order chi connectivity index (χ0) is 30.2. The maximum Gasteiger partial charge on any atom is 0.226 e. The van der Waals surface area contributed by atoms with Crippen molar-refractivity contribution in [3.63, 3.8) is 0 Å². The van der Waals surface area contributed by atoms with E-state index in [4.69, 9.17) is 16.6 Å². The molecule has 0 aliphatic carbocycles. The zero-order valence-corrected chi connectivity index (χ0v) is 25.0. The molecule has 0 aliphatic heterocycles. The van der Waals surface area contributed by atoms with E-state index in [0.29, 0.717) is 11.6 Å². The summed E-state index contributed by atoms with van der Waals surface area (Å²) in [6.07, 6.45) is 0. The summed E-state index contributed by atoms with van der Waals surface area (Å²) in [7, 11) is 0. The number of fused-ring (bicyclic) bond motifs is 2. The van der Waals surface area contributed by atoms with Crippen molar-refractivity contribution in [2.45, 2.75) is 0 Å². The van der Waals surface area contributed by atoms with Gasteiger partial charge in [0.15, 0.2) is 11.6 Å². The van der Waals surface area contributed by atoms with E-state index in [0.717, 1.165) is 43.8 Å². The third kappa shape index (κ3) is 5.24. The van der Waals surface area contributed by atoms with Crippen LogP contribution in [0.15, 0.2) is 158 Å². The van der Waals surface area contributed by atoms with Gasteiger partial charge in [0, 0.05) is 16.5 Å². The molecule has 7 aromatic carbocycles. The minimum Gasteiger partial charge on any atom is -0.208 e. The Balaban J connectivity index is 1.16. The summed E-state index contributed by atoms with van der Waals surface area (Å²) in [5.41, 5.74) is 8.84. The predicted octanol–water partition coefficient (Wildman–Crippen LogP) is 11.2. The van der Waals surface area contributed by atoms with E-state index in [2.05, 4.69) is 149 Å². The van der Waals surface area contributed by atoms with Gasteiger partial charge in [-0.3, -0.25) is 0 Å². The second kappa shape index (κ2) is 11.5. The minimum atomic E-state index is 0.165. The normalized spacial score (nSPS) is 11.2. The molecular formula is C41H26ClN3. The Labute approximate surface area is 266 Å². The van der Waals surface area contributed by atoms with Crippen molar-refractivity contribution < 1.29 is 0 Å². The SMILES string of the molecule is Clc1nc(-c2ccc3cc(-c4ccc(-c5ccccc5)cc4)ccc3c2)nc(-c2cccc3cccc(-c4ccccc4)c23)n1. The van der Waals surface area contributed by atoms with E-state index in [1.54, 1.807) is 0 Å². The molecule has 0 amide bonds. The summed E-state index contributed by atoms with van der Waals surface area (Å²) in [4.78, 5) is 14.1. The Morgan fingerprint density at radius 1 is 0.333 bits per heavy atom. The highest BCUT2D eigenvalue weighted by atomic mass is 35.5. The molecule has 0 bridgehead atoms. The number of benzene rings is 7. The monoisotopic (exact) mass is 595 g/mol. The molecular weight excluding hydrogens is 570 g/mol. The molecule has 0 aliphatic rings. The van der Waals surface area contributed by atoms with Crippen LogP contribution in [0.4, 0.5) is 0 Å². The molecule has 8 rings (SSSR count). The van der Waals surface area contributed by atoms with Crippen LogP contribution in [0.1, 0.15) is 0 Å². The Hall–Kier alpha value is -5.64. The lowest BCUT2D eigenvalue weighted by atomic mass is 9.94. The fourth-order valence-corrected chi connectivity index (χ4v) is 6.20. The maximum atomic E-state index is 6.55. The van der Waals surface area contributed by atoms with Crippen LogP contribution in [0, 0.1) is 0 Å². The molecule has 0 N–H and O–H groups in total. The van der Waals surface area contributed by atoms with Gasteiger partial charge in [0.1, 0.15) is 0 Å². The smallest absolute Gasteiger partial charge is 0.208 e. The van der Waals surface area contributed by atoms with Gasteiger partial charge in [-0.15, -0.1) is 0 Å². The van der Waals surface area contributed by atoms with E-state index in [9.17, 15) is 0 Å². The van der Waals surface area contributed by atoms with Gasteiger partial charge >= 0.3 is 0 Å². The van der Waals surface area contributed by atoms with Crippen molar-refractivity contribution in [3.05, 3.63) is 163 Å². The van der Waals surface area contributed by atoms with Crippen molar-refractivity contribution in [1.29, 1.82) is 0 Å². The topological polar surface area (TPSA) is 38.7 Å². The number of hydrogen-bond donors (Lipinski definition) is 0. The lowest BCUT2D eigenvalue weighted by Crippen LogP contribution is -1.98. The van der Waals surface area contributed by atoms with Gasteiger partial charge in [-0.2, -0.15) is 9.97 Å². The number of aromatic nitrogens is 3. The average molecular weight is 596 g/mol. The van der Waals surface area contributed by atoms with Gasteiger partial charge in [-0.25, -0.2) is 4.98 Å². The Kier molecular flexibility index (Phi) is 6.86. The minimum absolute atomic E-state index is 0.165. The van der Waals surface area contributed by atoms with E-state index in [-0.39, 0.29) is 5.28 Å². The van der Waals surface area contributed by atoms with E-state index in [1.807, 2.05) is 18.2 Å². The van der Waals surface area contributed by atoms with Gasteiger partial charge in [0.25, 0.3) is 0 Å². The van der Waals surface area contributed by atoms with Crippen LogP contribution in [-0.4, -0.2) is 15.0 Å². The number of hydrogen-bond acceptors (Lipinski definition) is 3. The fraction of sp³-hybridized carbons (Fsp3) is 0. The van der Waals surface area contributed by atoms with E-state index < -0.39 is 0 Å². The molecule has 8 aromatic rings. The highest BCUT2D eigenvalue weighted by Crippen LogP contribution is 2.36. The van der Waals surface area contributed by atoms with Crippen LogP contribution < -0.4 is 0 Å². The maximum absolute atomic E-state index is 6.55. The second-order valence-electron chi connectivity index (χ2n) is 11.0. The largest absolute Gasteiger partial charge is 0.226 e. The van der Waals surface area contributed by atoms with Gasteiger partial charge in [0.2, 0.25) is 5.28 Å². The molecule has 0 fully saturated rings. The van der Waals surface area contributed by atoms with Crippen LogP contribution in [0.25, 0.3) is 77.7 Å². The molecule has 45 heavy (non-hydrogen) atoms. The first kappa shape index (κ1) is 26.9. The second-order valence-corrected chi connectivity index (χ2v) is 11.4. The zero-order valence-electron chi connectivity index (χ0n) is 24.2. The molecule has 3 nitrogen and oxygen atoms in total. The Morgan fingerprint density at radius 2 is 0.844 bits per heavy atom. The highest BCUT2D eigenvalue weighted by molar-refractivity contribution is 6.28. The quantitative estimate of drug-likeness (QED) is 0.199. The van der Waals surface area contributed by atoms with Crippen molar-refractivity contribution in [3.8, 4) is 56.2 Å². The van der Waals surface area contributed by atoms with Crippen LogP contribution in [0.5, 0.6) is 0 Å². The van der Waals surface area contributed by atoms with Crippen LogP contribution in [0.2, 0.25) is 5.28 Å². The summed E-state index contributed by atoms with van der Waals surface area (Å²) < 4.78 is 0. The third-order valence-electron chi connectivity index (χ3n) is 8.26. The van der Waals surface area contributed by atoms with Crippen molar-refractivity contribution >= 4 is 33.1 Å². The Bertz CT molecular complexity index is 2310. The first-order valence-corrected chi connectivity index (χ1v) is 15.3. The summed E-state index contributed by atoms with van der Waals surface area (Å²) in [5, 5.41) is 4.61. The Morgan fingerprint density at radius 3 is 1.53 bits per heavy atom. The molecule has 0 saturated heterocycles. The standard InChI is InChI=1S/C41H26ClN3/c42-41-44-39(43-40(45-41)37-16-8-14-31-13-7-15-36(38(31)37)30-11-5-2-6-12-30)35-24-23-33-25-32(21-22-34(33)26-35)29-19-17-28(18-20-29)27-9-3-1-4-10-27/h1-26H. The van der Waals surface area contributed by atoms with Crippen molar-refractivity contribution in [1.82, 2.24) is 15.0 Å². The summed E-state index contributed by atoms with van der Waals surface area (Å²) >= 11 is 6.55. The number of rotatable bonds is 5. The van der Waals surface area contributed by atoms with Crippen LogP contribution >= 0.6 is 11.6 Å². The number of nitrogens with zero attached hydrogens (tertiary/aromatic N) is 3. The molecule has 0 spiro atoms. The summed E-state index contributed by atoms with van der Waals surface area (Å²) in [6.45, 7) is 0. The van der Waals surface area contributed by atoms with Gasteiger partial charge in [-0.05, 0) is 73.3 Å². The van der Waals surface area contributed by atoms with E-state index in [1.165, 1.54) is 22.3 Å². The summed E-state index contributed by atoms with van der Waals surface area (Å²) in [5.74, 6) is 1.09. The lowest BCUT2D eigenvalue weighted by Gasteiger charge is -2.12. The summed E-state index contributed by atoms with van der Waals surface area (Å²) in [6, 6.07) is 54.9. The van der Waals surface area contributed by atoms with Crippen molar-refractivity contribution in [2.24, 2.45) is 0 Å². The third-order valence-corrected chi connectivity index (χ3v) is 8.43. The highest BCUT2D eigenvalue weighted by Gasteiger charge is 2.15. The molecule has 212 valence electrons. The molecule has 0 radical (unpaired) electrons. The van der Waals surface area contributed by atoms with Gasteiger partial charge in [-0.1, -0.05) is 146 Å². The first-order chi connectivity index (χ1) is 22.2.